The second-order valence-electron chi connectivity index (χ2n) is 9.03. The number of hydrogen-bond acceptors (Lipinski definition) is 6. The van der Waals surface area contributed by atoms with E-state index in [0.717, 1.165) is 43.3 Å². The molecule has 29 heavy (non-hydrogen) atoms. The zero-order valence-electron chi connectivity index (χ0n) is 17.5. The molecule has 0 bridgehead atoms. The number of anilines is 1. The molecule has 0 unspecified atom stereocenters. The third kappa shape index (κ3) is 5.28. The van der Waals surface area contributed by atoms with Crippen molar-refractivity contribution in [1.82, 2.24) is 14.9 Å². The number of rotatable bonds is 5. The molecule has 1 aliphatic carbocycles. The van der Waals surface area contributed by atoms with E-state index in [4.69, 9.17) is 19.4 Å². The maximum absolute atomic E-state index is 12.4. The highest BCUT2D eigenvalue weighted by Gasteiger charge is 2.29. The Morgan fingerprint density at radius 2 is 1.90 bits per heavy atom. The SMILES string of the molecule is CC(C)(C)OC(=O)N1CCC[C@@H](COc2nc3ccccc3nc2NC2CC2)C1. The highest BCUT2D eigenvalue weighted by Crippen LogP contribution is 2.30. The Hall–Kier alpha value is -2.57. The lowest BCUT2D eigenvalue weighted by atomic mass is 9.99. The highest BCUT2D eigenvalue weighted by atomic mass is 16.6. The molecule has 156 valence electrons. The number of nitrogens with zero attached hydrogens (tertiary/aromatic N) is 3. The number of nitrogens with one attached hydrogen (secondary N) is 1. The molecule has 4 rings (SSSR count). The molecule has 1 aromatic carbocycles. The van der Waals surface area contributed by atoms with Crippen molar-refractivity contribution < 1.29 is 14.3 Å². The molecule has 1 N–H and O–H groups in total. The molecule has 1 saturated carbocycles. The van der Waals surface area contributed by atoms with Crippen LogP contribution in [0.1, 0.15) is 46.5 Å². The number of para-hydroxylation sites is 2. The van der Waals surface area contributed by atoms with Gasteiger partial charge in [0.2, 0.25) is 0 Å². The van der Waals surface area contributed by atoms with E-state index in [2.05, 4.69) is 5.32 Å². The highest BCUT2D eigenvalue weighted by molar-refractivity contribution is 5.77. The molecule has 0 spiro atoms. The topological polar surface area (TPSA) is 76.6 Å². The van der Waals surface area contributed by atoms with Crippen molar-refractivity contribution in [2.75, 3.05) is 25.0 Å². The first-order valence-corrected chi connectivity index (χ1v) is 10.5. The van der Waals surface area contributed by atoms with Gasteiger partial charge in [-0.05, 0) is 58.6 Å². The van der Waals surface area contributed by atoms with E-state index < -0.39 is 5.60 Å². The molecule has 2 aromatic rings. The third-order valence-corrected chi connectivity index (χ3v) is 5.08. The van der Waals surface area contributed by atoms with Crippen LogP contribution in [0, 0.1) is 5.92 Å². The Morgan fingerprint density at radius 3 is 2.59 bits per heavy atom. The van der Waals surface area contributed by atoms with Crippen molar-refractivity contribution in [3.8, 4) is 5.88 Å². The van der Waals surface area contributed by atoms with Crippen molar-refractivity contribution in [2.45, 2.75) is 58.1 Å². The number of fused-ring (bicyclic) bond motifs is 1. The molecule has 1 aliphatic heterocycles. The molecule has 2 aliphatic rings. The second kappa shape index (κ2) is 8.05. The van der Waals surface area contributed by atoms with Crippen LogP contribution >= 0.6 is 0 Å². The summed E-state index contributed by atoms with van der Waals surface area (Å²) < 4.78 is 11.6. The summed E-state index contributed by atoms with van der Waals surface area (Å²) in [6.07, 6.45) is 4.03. The van der Waals surface area contributed by atoms with Crippen LogP contribution in [-0.4, -0.2) is 52.3 Å². The van der Waals surface area contributed by atoms with Crippen molar-refractivity contribution in [2.24, 2.45) is 5.92 Å². The summed E-state index contributed by atoms with van der Waals surface area (Å²) in [5.41, 5.74) is 1.20. The average Bonchev–Trinajstić information content (AvgIpc) is 3.49. The molecule has 1 amide bonds. The minimum atomic E-state index is -0.482. The third-order valence-electron chi connectivity index (χ3n) is 5.08. The van der Waals surface area contributed by atoms with Crippen LogP contribution in [0.3, 0.4) is 0 Å². The summed E-state index contributed by atoms with van der Waals surface area (Å²) in [4.78, 5) is 23.6. The standard InChI is InChI=1S/C22H30N4O3/c1-22(2,3)29-21(27)26-12-6-7-15(13-26)14-28-20-19(23-16-10-11-16)24-17-8-4-5-9-18(17)25-20/h4-5,8-9,15-16H,6-7,10-14H2,1-3H3,(H,23,24)/t15-/m1/s1. The Kier molecular flexibility index (Phi) is 5.48. The van der Waals surface area contributed by atoms with Gasteiger partial charge in [0, 0.05) is 25.0 Å². The monoisotopic (exact) mass is 398 g/mol. The van der Waals surface area contributed by atoms with E-state index in [-0.39, 0.29) is 12.0 Å². The number of piperidine rings is 1. The van der Waals surface area contributed by atoms with E-state index in [9.17, 15) is 4.79 Å². The van der Waals surface area contributed by atoms with E-state index in [1.165, 1.54) is 0 Å². The van der Waals surface area contributed by atoms with Crippen molar-refractivity contribution in [1.29, 1.82) is 0 Å². The molecule has 7 nitrogen and oxygen atoms in total. The van der Waals surface area contributed by atoms with Crippen LogP contribution in [0.5, 0.6) is 5.88 Å². The van der Waals surface area contributed by atoms with Gasteiger partial charge in [-0.1, -0.05) is 12.1 Å². The Bertz CT molecular complexity index is 876. The van der Waals surface area contributed by atoms with Gasteiger partial charge in [-0.2, -0.15) is 0 Å². The van der Waals surface area contributed by atoms with Gasteiger partial charge in [-0.25, -0.2) is 14.8 Å². The summed E-state index contributed by atoms with van der Waals surface area (Å²) in [7, 11) is 0. The van der Waals surface area contributed by atoms with Gasteiger partial charge in [0.25, 0.3) is 5.88 Å². The van der Waals surface area contributed by atoms with E-state index in [1.54, 1.807) is 4.90 Å². The molecule has 2 heterocycles. The van der Waals surface area contributed by atoms with Crippen LogP contribution in [0.15, 0.2) is 24.3 Å². The fraction of sp³-hybridized carbons (Fsp3) is 0.591. The molecule has 0 radical (unpaired) electrons. The number of hydrogen-bond donors (Lipinski definition) is 1. The minimum Gasteiger partial charge on any atom is -0.475 e. The lowest BCUT2D eigenvalue weighted by molar-refractivity contribution is 0.0138. The van der Waals surface area contributed by atoms with Gasteiger partial charge in [-0.15, -0.1) is 0 Å². The van der Waals surface area contributed by atoms with Gasteiger partial charge >= 0.3 is 6.09 Å². The largest absolute Gasteiger partial charge is 0.475 e. The van der Waals surface area contributed by atoms with Gasteiger partial charge < -0.3 is 19.7 Å². The van der Waals surface area contributed by atoms with Gasteiger partial charge in [0.05, 0.1) is 17.6 Å². The number of amides is 1. The predicted octanol–water partition coefficient (Wildman–Crippen LogP) is 4.23. The summed E-state index contributed by atoms with van der Waals surface area (Å²) in [6.45, 7) is 7.55. The van der Waals surface area contributed by atoms with E-state index in [0.29, 0.717) is 30.9 Å². The second-order valence-corrected chi connectivity index (χ2v) is 9.03. The zero-order valence-corrected chi connectivity index (χ0v) is 17.5. The molecule has 7 heteroatoms. The van der Waals surface area contributed by atoms with Gasteiger partial charge in [0.15, 0.2) is 5.82 Å². The summed E-state index contributed by atoms with van der Waals surface area (Å²) in [6, 6.07) is 8.29. The van der Waals surface area contributed by atoms with Crippen LogP contribution in [0.2, 0.25) is 0 Å². The van der Waals surface area contributed by atoms with Gasteiger partial charge in [-0.3, -0.25) is 0 Å². The summed E-state index contributed by atoms with van der Waals surface area (Å²) in [5, 5.41) is 3.43. The number of aromatic nitrogens is 2. The lowest BCUT2D eigenvalue weighted by Crippen LogP contribution is -2.44. The maximum Gasteiger partial charge on any atom is 0.410 e. The normalized spacial score (nSPS) is 19.8. The predicted molar refractivity (Wildman–Crippen MR) is 112 cm³/mol. The maximum atomic E-state index is 12.4. The van der Waals surface area contributed by atoms with Crippen LogP contribution in [0.4, 0.5) is 10.6 Å². The van der Waals surface area contributed by atoms with Crippen molar-refractivity contribution >= 4 is 22.9 Å². The zero-order chi connectivity index (χ0) is 20.4. The first kappa shape index (κ1) is 19.7. The summed E-state index contributed by atoms with van der Waals surface area (Å²) in [5.74, 6) is 1.51. The lowest BCUT2D eigenvalue weighted by Gasteiger charge is -2.34. The molecule has 1 aromatic heterocycles. The Morgan fingerprint density at radius 1 is 1.17 bits per heavy atom. The van der Waals surface area contributed by atoms with Crippen molar-refractivity contribution in [3.63, 3.8) is 0 Å². The molecular formula is C22H30N4O3. The fourth-order valence-corrected chi connectivity index (χ4v) is 3.49. The molecule has 1 saturated heterocycles. The first-order chi connectivity index (χ1) is 13.9. The fourth-order valence-electron chi connectivity index (χ4n) is 3.49. The van der Waals surface area contributed by atoms with E-state index in [1.807, 2.05) is 45.0 Å². The smallest absolute Gasteiger partial charge is 0.410 e. The van der Waals surface area contributed by atoms with Crippen LogP contribution in [0.25, 0.3) is 11.0 Å². The Labute approximate surface area is 171 Å². The average molecular weight is 399 g/mol. The van der Waals surface area contributed by atoms with Crippen LogP contribution in [-0.2, 0) is 4.74 Å². The quantitative estimate of drug-likeness (QED) is 0.812. The Balaban J connectivity index is 1.42. The van der Waals surface area contributed by atoms with Crippen LogP contribution < -0.4 is 10.1 Å². The molecule has 1 atom stereocenters. The van der Waals surface area contributed by atoms with Gasteiger partial charge in [0.1, 0.15) is 5.60 Å². The number of carbonyl (C=O) groups is 1. The van der Waals surface area contributed by atoms with E-state index >= 15 is 0 Å². The summed E-state index contributed by atoms with van der Waals surface area (Å²) >= 11 is 0. The van der Waals surface area contributed by atoms with Crippen molar-refractivity contribution in [3.05, 3.63) is 24.3 Å². The first-order valence-electron chi connectivity index (χ1n) is 10.5. The molecular weight excluding hydrogens is 368 g/mol. The number of likely N-dealkylation sites (tertiary alicyclic amines) is 1. The number of benzene rings is 1. The number of carbonyl (C=O) groups excluding carboxylic acids is 1. The number of ether oxygens (including phenoxy) is 2. The molecule has 2 fully saturated rings. The minimum absolute atomic E-state index is 0.246.